The third kappa shape index (κ3) is 3.45. The molecule has 2 aromatic rings. The van der Waals surface area contributed by atoms with Crippen LogP contribution in [0.5, 0.6) is 0 Å². The van der Waals surface area contributed by atoms with Gasteiger partial charge in [-0.15, -0.1) is 11.8 Å². The van der Waals surface area contributed by atoms with Gasteiger partial charge < -0.3 is 0 Å². The molecule has 0 spiro atoms. The number of nitriles is 1. The van der Waals surface area contributed by atoms with E-state index in [2.05, 4.69) is 59.3 Å². The summed E-state index contributed by atoms with van der Waals surface area (Å²) in [5.74, 6) is 0. The lowest BCUT2D eigenvalue weighted by atomic mass is 9.99. The number of benzene rings is 2. The molecular weight excluding hydrogens is 330 g/mol. The highest BCUT2D eigenvalue weighted by atomic mass is 79.9. The third-order valence-electron chi connectivity index (χ3n) is 3.32. The second kappa shape index (κ2) is 6.97. The summed E-state index contributed by atoms with van der Waals surface area (Å²) in [7, 11) is 0. The van der Waals surface area contributed by atoms with Gasteiger partial charge in [0.05, 0.1) is 11.6 Å². The maximum atomic E-state index is 9.31. The summed E-state index contributed by atoms with van der Waals surface area (Å²) in [4.78, 5) is 1.10. The molecule has 0 amide bonds. The molecule has 102 valence electrons. The third-order valence-corrected chi connectivity index (χ3v) is 5.02. The van der Waals surface area contributed by atoms with E-state index in [9.17, 15) is 5.26 Å². The standard InChI is InChI=1S/C17H16BrNS/c1-3-12-4-6-13(7-5-12)8-14-9-16(18)17(20-2)10-15(14)11-19/h4-7,9-10H,3,8H2,1-2H3. The number of thioether (sulfide) groups is 1. The van der Waals surface area contributed by atoms with Crippen molar-refractivity contribution < 1.29 is 0 Å². The Bertz CT molecular complexity index is 641. The van der Waals surface area contributed by atoms with Crippen LogP contribution in [0.15, 0.2) is 45.8 Å². The fourth-order valence-electron chi connectivity index (χ4n) is 2.11. The Balaban J connectivity index is 2.32. The van der Waals surface area contributed by atoms with E-state index >= 15 is 0 Å². The summed E-state index contributed by atoms with van der Waals surface area (Å²) in [5, 5.41) is 9.31. The molecule has 0 atom stereocenters. The number of hydrogen-bond donors (Lipinski definition) is 0. The van der Waals surface area contributed by atoms with Gasteiger partial charge in [0.1, 0.15) is 0 Å². The predicted octanol–water partition coefficient (Wildman–Crippen LogP) is 5.20. The van der Waals surface area contributed by atoms with E-state index in [1.807, 2.05) is 12.3 Å². The highest BCUT2D eigenvalue weighted by Crippen LogP contribution is 2.30. The van der Waals surface area contributed by atoms with Gasteiger partial charge in [-0.05, 0) is 63.9 Å². The van der Waals surface area contributed by atoms with E-state index in [1.165, 1.54) is 11.1 Å². The first-order valence-corrected chi connectivity index (χ1v) is 8.54. The zero-order chi connectivity index (χ0) is 14.5. The maximum absolute atomic E-state index is 9.31. The van der Waals surface area contributed by atoms with Crippen LogP contribution in [0.25, 0.3) is 0 Å². The van der Waals surface area contributed by atoms with Gasteiger partial charge in [-0.1, -0.05) is 31.2 Å². The average molecular weight is 346 g/mol. The van der Waals surface area contributed by atoms with Gasteiger partial charge in [-0.2, -0.15) is 5.26 Å². The molecule has 0 fully saturated rings. The highest BCUT2D eigenvalue weighted by Gasteiger charge is 2.08. The smallest absolute Gasteiger partial charge is 0.0995 e. The fraction of sp³-hybridized carbons (Fsp3) is 0.235. The molecule has 0 N–H and O–H groups in total. The van der Waals surface area contributed by atoms with Crippen LogP contribution < -0.4 is 0 Å². The zero-order valence-electron chi connectivity index (χ0n) is 11.6. The first kappa shape index (κ1) is 15.2. The lowest BCUT2D eigenvalue weighted by molar-refractivity contribution is 1.11. The van der Waals surface area contributed by atoms with Crippen molar-refractivity contribution in [2.75, 3.05) is 6.26 Å². The molecule has 0 aliphatic carbocycles. The molecule has 0 heterocycles. The van der Waals surface area contributed by atoms with Gasteiger partial charge >= 0.3 is 0 Å². The van der Waals surface area contributed by atoms with E-state index < -0.39 is 0 Å². The molecule has 2 aromatic carbocycles. The van der Waals surface area contributed by atoms with Crippen LogP contribution in [-0.2, 0) is 12.8 Å². The second-order valence-electron chi connectivity index (χ2n) is 4.60. The van der Waals surface area contributed by atoms with E-state index in [4.69, 9.17) is 0 Å². The molecular formula is C17H16BrNS. The van der Waals surface area contributed by atoms with E-state index in [-0.39, 0.29) is 0 Å². The molecule has 0 aromatic heterocycles. The SMILES string of the molecule is CCc1ccc(Cc2cc(Br)c(SC)cc2C#N)cc1. The minimum absolute atomic E-state index is 0.761. The van der Waals surface area contributed by atoms with Crippen molar-refractivity contribution in [2.24, 2.45) is 0 Å². The minimum atomic E-state index is 0.761. The quantitative estimate of drug-likeness (QED) is 0.711. The number of nitrogens with zero attached hydrogens (tertiary/aromatic N) is 1. The molecule has 20 heavy (non-hydrogen) atoms. The normalized spacial score (nSPS) is 10.3. The summed E-state index contributed by atoms with van der Waals surface area (Å²) < 4.78 is 1.06. The van der Waals surface area contributed by atoms with Crippen LogP contribution >= 0.6 is 27.7 Å². The summed E-state index contributed by atoms with van der Waals surface area (Å²) in [6.07, 6.45) is 3.86. The van der Waals surface area contributed by atoms with E-state index in [0.717, 1.165) is 33.3 Å². The Morgan fingerprint density at radius 1 is 1.15 bits per heavy atom. The Morgan fingerprint density at radius 2 is 1.80 bits per heavy atom. The summed E-state index contributed by atoms with van der Waals surface area (Å²) in [6.45, 7) is 2.15. The van der Waals surface area contributed by atoms with Gasteiger partial charge in [0.2, 0.25) is 0 Å². The topological polar surface area (TPSA) is 23.8 Å². The number of hydrogen-bond acceptors (Lipinski definition) is 2. The molecule has 0 unspecified atom stereocenters. The Labute approximate surface area is 133 Å². The van der Waals surface area contributed by atoms with Crippen molar-refractivity contribution in [2.45, 2.75) is 24.7 Å². The molecule has 0 bridgehead atoms. The largest absolute Gasteiger partial charge is 0.192 e. The summed E-state index contributed by atoms with van der Waals surface area (Å²) >= 11 is 5.22. The van der Waals surface area contributed by atoms with Crippen molar-refractivity contribution in [1.29, 1.82) is 5.26 Å². The monoisotopic (exact) mass is 345 g/mol. The highest BCUT2D eigenvalue weighted by molar-refractivity contribution is 9.10. The lowest BCUT2D eigenvalue weighted by Gasteiger charge is -2.09. The second-order valence-corrected chi connectivity index (χ2v) is 6.30. The molecule has 2 rings (SSSR count). The van der Waals surface area contributed by atoms with Gasteiger partial charge in [-0.25, -0.2) is 0 Å². The maximum Gasteiger partial charge on any atom is 0.0995 e. The van der Waals surface area contributed by atoms with Crippen LogP contribution in [-0.4, -0.2) is 6.26 Å². The number of halogens is 1. The van der Waals surface area contributed by atoms with Crippen molar-refractivity contribution >= 4 is 27.7 Å². The molecule has 0 saturated carbocycles. The van der Waals surface area contributed by atoms with Crippen LogP contribution in [0, 0.1) is 11.3 Å². The average Bonchev–Trinajstić information content (AvgIpc) is 2.48. The zero-order valence-corrected chi connectivity index (χ0v) is 14.0. The Hall–Kier alpha value is -1.24. The Kier molecular flexibility index (Phi) is 5.28. The van der Waals surface area contributed by atoms with Gasteiger partial charge in [0, 0.05) is 9.37 Å². The fourth-order valence-corrected chi connectivity index (χ4v) is 3.48. The predicted molar refractivity (Wildman–Crippen MR) is 89.3 cm³/mol. The van der Waals surface area contributed by atoms with Crippen molar-refractivity contribution in [1.82, 2.24) is 0 Å². The number of aryl methyl sites for hydroxylation is 1. The van der Waals surface area contributed by atoms with Crippen LogP contribution in [0.2, 0.25) is 0 Å². The van der Waals surface area contributed by atoms with Gasteiger partial charge in [-0.3, -0.25) is 0 Å². The van der Waals surface area contributed by atoms with Crippen LogP contribution in [0.1, 0.15) is 29.2 Å². The first-order valence-electron chi connectivity index (χ1n) is 6.52. The van der Waals surface area contributed by atoms with E-state index in [0.29, 0.717) is 0 Å². The van der Waals surface area contributed by atoms with Crippen molar-refractivity contribution in [3.8, 4) is 6.07 Å². The minimum Gasteiger partial charge on any atom is -0.192 e. The summed E-state index contributed by atoms with van der Waals surface area (Å²) in [6, 6.07) is 15.0. The van der Waals surface area contributed by atoms with Crippen LogP contribution in [0.4, 0.5) is 0 Å². The molecule has 1 nitrogen and oxygen atoms in total. The van der Waals surface area contributed by atoms with Crippen molar-refractivity contribution in [3.05, 3.63) is 63.1 Å². The summed E-state index contributed by atoms with van der Waals surface area (Å²) in [5.41, 5.74) is 4.41. The van der Waals surface area contributed by atoms with Gasteiger partial charge in [0.15, 0.2) is 0 Å². The molecule has 0 saturated heterocycles. The van der Waals surface area contributed by atoms with Gasteiger partial charge in [0.25, 0.3) is 0 Å². The van der Waals surface area contributed by atoms with Crippen LogP contribution in [0.3, 0.4) is 0 Å². The first-order chi connectivity index (χ1) is 9.67. The van der Waals surface area contributed by atoms with Crippen molar-refractivity contribution in [3.63, 3.8) is 0 Å². The van der Waals surface area contributed by atoms with E-state index in [1.54, 1.807) is 11.8 Å². The lowest BCUT2D eigenvalue weighted by Crippen LogP contribution is -1.94. The molecule has 0 aliphatic rings. The molecule has 0 radical (unpaired) electrons. The number of rotatable bonds is 4. The molecule has 0 aliphatic heterocycles. The Morgan fingerprint density at radius 3 is 2.35 bits per heavy atom. The molecule has 3 heteroatoms.